The highest BCUT2D eigenvalue weighted by Crippen LogP contribution is 2.26. The molecule has 0 amide bonds. The van der Waals surface area contributed by atoms with Crippen LogP contribution in [0.5, 0.6) is 0 Å². The lowest BCUT2D eigenvalue weighted by Gasteiger charge is -2.07. The van der Waals surface area contributed by atoms with Gasteiger partial charge in [0.05, 0.1) is 5.70 Å². The fourth-order valence-corrected chi connectivity index (χ4v) is 2.40. The Morgan fingerprint density at radius 3 is 2.53 bits per heavy atom. The summed E-state index contributed by atoms with van der Waals surface area (Å²) in [7, 11) is 0. The largest absolute Gasteiger partial charge is 0.268 e. The first-order valence-electron chi connectivity index (χ1n) is 6.25. The third-order valence-electron chi connectivity index (χ3n) is 3.12. The van der Waals surface area contributed by atoms with Crippen LogP contribution in [0.3, 0.4) is 0 Å². The molecule has 2 aromatic carbocycles. The van der Waals surface area contributed by atoms with Gasteiger partial charge in [-0.15, -0.1) is 0 Å². The summed E-state index contributed by atoms with van der Waals surface area (Å²) in [5.41, 5.74) is 6.12. The lowest BCUT2D eigenvalue weighted by atomic mass is 10.1. The molecule has 3 rings (SSSR count). The zero-order valence-corrected chi connectivity index (χ0v) is 11.1. The second kappa shape index (κ2) is 5.47. The van der Waals surface area contributed by atoms with Crippen LogP contribution in [-0.4, -0.2) is 6.10 Å². The van der Waals surface area contributed by atoms with Crippen molar-refractivity contribution in [2.45, 2.75) is 12.5 Å². The van der Waals surface area contributed by atoms with Crippen molar-refractivity contribution in [3.63, 3.8) is 0 Å². The molecule has 19 heavy (non-hydrogen) atoms. The van der Waals surface area contributed by atoms with Gasteiger partial charge in [0.25, 0.3) is 0 Å². The van der Waals surface area contributed by atoms with Crippen molar-refractivity contribution in [1.82, 2.24) is 5.48 Å². The van der Waals surface area contributed by atoms with E-state index in [4.69, 9.17) is 16.4 Å². The molecule has 96 valence electrons. The summed E-state index contributed by atoms with van der Waals surface area (Å²) in [5.74, 6) is 0. The minimum atomic E-state index is 0.0358. The molecule has 0 fully saturated rings. The van der Waals surface area contributed by atoms with Crippen LogP contribution in [0, 0.1) is 0 Å². The predicted octanol–water partition coefficient (Wildman–Crippen LogP) is 3.83. The lowest BCUT2D eigenvalue weighted by Crippen LogP contribution is -2.14. The van der Waals surface area contributed by atoms with E-state index in [0.29, 0.717) is 0 Å². The van der Waals surface area contributed by atoms with E-state index in [2.05, 4.69) is 23.7 Å². The van der Waals surface area contributed by atoms with Crippen molar-refractivity contribution in [2.24, 2.45) is 0 Å². The molecule has 1 atom stereocenters. The van der Waals surface area contributed by atoms with Crippen LogP contribution in [-0.2, 0) is 11.3 Å². The van der Waals surface area contributed by atoms with Crippen LogP contribution in [0.15, 0.2) is 60.7 Å². The third kappa shape index (κ3) is 2.80. The molecule has 3 heteroatoms. The van der Waals surface area contributed by atoms with Crippen LogP contribution in [0.2, 0.25) is 5.02 Å². The molecule has 1 aliphatic rings. The zero-order valence-electron chi connectivity index (χ0n) is 10.3. The number of hydroxylamine groups is 1. The average molecular weight is 272 g/mol. The minimum absolute atomic E-state index is 0.0358. The van der Waals surface area contributed by atoms with E-state index < -0.39 is 0 Å². The van der Waals surface area contributed by atoms with E-state index in [0.717, 1.165) is 22.7 Å². The fraction of sp³-hybridized carbons (Fsp3) is 0.125. The van der Waals surface area contributed by atoms with E-state index in [-0.39, 0.29) is 6.10 Å². The molecular formula is C16H14ClNO. The molecule has 2 aromatic rings. The topological polar surface area (TPSA) is 21.3 Å². The molecule has 0 bridgehead atoms. The fourth-order valence-electron chi connectivity index (χ4n) is 2.16. The van der Waals surface area contributed by atoms with E-state index in [1.165, 1.54) is 5.56 Å². The van der Waals surface area contributed by atoms with Crippen molar-refractivity contribution in [2.75, 3.05) is 0 Å². The van der Waals surface area contributed by atoms with E-state index in [1.807, 2.05) is 42.5 Å². The summed E-state index contributed by atoms with van der Waals surface area (Å²) in [6.45, 7) is 0. The summed E-state index contributed by atoms with van der Waals surface area (Å²) in [4.78, 5) is 5.58. The SMILES string of the molecule is Clc1ccccc1C1=CC(Cc2ccccc2)ON1. The molecule has 0 aliphatic carbocycles. The molecule has 1 heterocycles. The monoisotopic (exact) mass is 271 g/mol. The van der Waals surface area contributed by atoms with Gasteiger partial charge >= 0.3 is 0 Å². The van der Waals surface area contributed by atoms with E-state index in [1.54, 1.807) is 0 Å². The number of rotatable bonds is 3. The summed E-state index contributed by atoms with van der Waals surface area (Å²) in [6, 6.07) is 18.0. The quantitative estimate of drug-likeness (QED) is 0.916. The Morgan fingerprint density at radius 1 is 1.00 bits per heavy atom. The first kappa shape index (κ1) is 12.3. The molecule has 2 nitrogen and oxygen atoms in total. The Kier molecular flexibility index (Phi) is 3.53. The maximum atomic E-state index is 6.18. The number of hydrogen-bond acceptors (Lipinski definition) is 2. The zero-order chi connectivity index (χ0) is 13.1. The molecule has 1 N–H and O–H groups in total. The van der Waals surface area contributed by atoms with Gasteiger partial charge in [-0.25, -0.2) is 0 Å². The highest BCUT2D eigenvalue weighted by atomic mass is 35.5. The molecule has 1 aliphatic heterocycles. The average Bonchev–Trinajstić information content (AvgIpc) is 2.89. The summed E-state index contributed by atoms with van der Waals surface area (Å²) < 4.78 is 0. The van der Waals surface area contributed by atoms with Gasteiger partial charge in [0.2, 0.25) is 0 Å². The van der Waals surface area contributed by atoms with Gasteiger partial charge in [0.1, 0.15) is 6.10 Å². The number of nitrogens with one attached hydrogen (secondary N) is 1. The Hall–Kier alpha value is -1.77. The number of halogens is 1. The Labute approximate surface area is 117 Å². The Bertz CT molecular complexity index is 595. The molecule has 1 unspecified atom stereocenters. The van der Waals surface area contributed by atoms with Gasteiger partial charge in [0.15, 0.2) is 0 Å². The van der Waals surface area contributed by atoms with E-state index >= 15 is 0 Å². The molecule has 0 spiro atoms. The highest BCUT2D eigenvalue weighted by molar-refractivity contribution is 6.32. The van der Waals surface area contributed by atoms with Crippen LogP contribution in [0.4, 0.5) is 0 Å². The second-order valence-corrected chi connectivity index (χ2v) is 4.92. The van der Waals surface area contributed by atoms with Gasteiger partial charge in [-0.2, -0.15) is 0 Å². The third-order valence-corrected chi connectivity index (χ3v) is 3.45. The normalized spacial score (nSPS) is 17.9. The molecule has 0 saturated carbocycles. The van der Waals surface area contributed by atoms with Gasteiger partial charge in [-0.3, -0.25) is 10.3 Å². The molecule has 0 radical (unpaired) electrons. The van der Waals surface area contributed by atoms with Gasteiger partial charge in [-0.05, 0) is 17.7 Å². The van der Waals surface area contributed by atoms with Crippen LogP contribution in [0.25, 0.3) is 5.70 Å². The molecular weight excluding hydrogens is 258 g/mol. The molecule has 0 aromatic heterocycles. The smallest absolute Gasteiger partial charge is 0.110 e. The van der Waals surface area contributed by atoms with Crippen molar-refractivity contribution in [3.8, 4) is 0 Å². The highest BCUT2D eigenvalue weighted by Gasteiger charge is 2.19. The molecule has 0 saturated heterocycles. The Balaban J connectivity index is 1.77. The number of hydrogen-bond donors (Lipinski definition) is 1. The van der Waals surface area contributed by atoms with Crippen molar-refractivity contribution in [1.29, 1.82) is 0 Å². The lowest BCUT2D eigenvalue weighted by molar-refractivity contribution is 0.0520. The summed E-state index contributed by atoms with van der Waals surface area (Å²) in [6.07, 6.45) is 2.96. The Morgan fingerprint density at radius 2 is 1.74 bits per heavy atom. The summed E-state index contributed by atoms with van der Waals surface area (Å²) in [5, 5.41) is 0.727. The first-order chi connectivity index (χ1) is 9.33. The van der Waals surface area contributed by atoms with Gasteiger partial charge < -0.3 is 0 Å². The van der Waals surface area contributed by atoms with Gasteiger partial charge in [-0.1, -0.05) is 60.1 Å². The number of benzene rings is 2. The summed E-state index contributed by atoms with van der Waals surface area (Å²) >= 11 is 6.18. The standard InChI is InChI=1S/C16H14ClNO/c17-15-9-5-4-8-14(15)16-11-13(19-18-16)10-12-6-2-1-3-7-12/h1-9,11,13,18H,10H2. The van der Waals surface area contributed by atoms with Crippen LogP contribution >= 0.6 is 11.6 Å². The van der Waals surface area contributed by atoms with Gasteiger partial charge in [0, 0.05) is 17.0 Å². The van der Waals surface area contributed by atoms with Crippen molar-refractivity contribution in [3.05, 3.63) is 76.8 Å². The maximum Gasteiger partial charge on any atom is 0.110 e. The van der Waals surface area contributed by atoms with Crippen LogP contribution < -0.4 is 5.48 Å². The minimum Gasteiger partial charge on any atom is -0.268 e. The maximum absolute atomic E-state index is 6.18. The second-order valence-electron chi connectivity index (χ2n) is 4.51. The predicted molar refractivity (Wildman–Crippen MR) is 77.6 cm³/mol. The van der Waals surface area contributed by atoms with Crippen molar-refractivity contribution < 1.29 is 4.84 Å². The van der Waals surface area contributed by atoms with E-state index in [9.17, 15) is 0 Å². The van der Waals surface area contributed by atoms with Crippen molar-refractivity contribution >= 4 is 17.3 Å². The first-order valence-corrected chi connectivity index (χ1v) is 6.63. The van der Waals surface area contributed by atoms with Crippen LogP contribution in [0.1, 0.15) is 11.1 Å².